The SMILES string of the molecule is COC(=O)OC(/C=C/[Si](C)(C)C(C)(C)C)c1ccccc1. The summed E-state index contributed by atoms with van der Waals surface area (Å²) in [6.07, 6.45) is 0.917. The van der Waals surface area contributed by atoms with Gasteiger partial charge in [-0.05, 0) is 16.7 Å². The van der Waals surface area contributed by atoms with Gasteiger partial charge >= 0.3 is 6.16 Å². The van der Waals surface area contributed by atoms with Crippen molar-refractivity contribution < 1.29 is 14.3 Å². The van der Waals surface area contributed by atoms with Gasteiger partial charge < -0.3 is 9.47 Å². The van der Waals surface area contributed by atoms with Gasteiger partial charge in [0.05, 0.1) is 15.2 Å². The van der Waals surface area contributed by atoms with Gasteiger partial charge in [-0.15, -0.1) is 0 Å². The van der Waals surface area contributed by atoms with Crippen LogP contribution in [0.25, 0.3) is 0 Å². The van der Waals surface area contributed by atoms with Crippen molar-refractivity contribution in [1.29, 1.82) is 0 Å². The van der Waals surface area contributed by atoms with E-state index in [1.165, 1.54) is 7.11 Å². The normalized spacial score (nSPS) is 14.0. The molecule has 0 saturated carbocycles. The molecule has 0 saturated heterocycles. The van der Waals surface area contributed by atoms with Crippen LogP contribution in [0.5, 0.6) is 0 Å². The van der Waals surface area contributed by atoms with Crippen LogP contribution in [0.15, 0.2) is 42.1 Å². The Balaban J connectivity index is 3.01. The molecule has 0 aliphatic carbocycles. The van der Waals surface area contributed by atoms with E-state index in [1.54, 1.807) is 0 Å². The Labute approximate surface area is 129 Å². The van der Waals surface area contributed by atoms with Gasteiger partial charge in [0.25, 0.3) is 0 Å². The third-order valence-corrected chi connectivity index (χ3v) is 9.03. The fourth-order valence-electron chi connectivity index (χ4n) is 1.59. The molecule has 0 N–H and O–H groups in total. The van der Waals surface area contributed by atoms with E-state index in [4.69, 9.17) is 4.74 Å². The second kappa shape index (κ2) is 6.94. The summed E-state index contributed by atoms with van der Waals surface area (Å²) in [5.41, 5.74) is 3.19. The molecule has 0 radical (unpaired) electrons. The van der Waals surface area contributed by atoms with E-state index >= 15 is 0 Å². The Bertz CT molecular complexity index is 487. The number of rotatable bonds is 4. The molecule has 0 bridgehead atoms. The molecular weight excluding hydrogens is 280 g/mol. The molecular formula is C17H26O3Si. The molecule has 0 spiro atoms. The van der Waals surface area contributed by atoms with E-state index in [0.717, 1.165) is 5.56 Å². The summed E-state index contributed by atoms with van der Waals surface area (Å²) in [4.78, 5) is 11.4. The van der Waals surface area contributed by atoms with Gasteiger partial charge in [0, 0.05) is 0 Å². The van der Waals surface area contributed by atoms with Crippen molar-refractivity contribution >= 4 is 14.2 Å². The Morgan fingerprint density at radius 3 is 2.24 bits per heavy atom. The Kier molecular flexibility index (Phi) is 5.78. The lowest BCUT2D eigenvalue weighted by molar-refractivity contribution is 0.0522. The summed E-state index contributed by atoms with van der Waals surface area (Å²) >= 11 is 0. The molecule has 116 valence electrons. The molecule has 1 atom stereocenters. The van der Waals surface area contributed by atoms with Crippen LogP contribution in [0.1, 0.15) is 32.4 Å². The number of hydrogen-bond acceptors (Lipinski definition) is 3. The molecule has 1 aromatic carbocycles. The Morgan fingerprint density at radius 1 is 1.19 bits per heavy atom. The van der Waals surface area contributed by atoms with Crippen LogP contribution < -0.4 is 0 Å². The van der Waals surface area contributed by atoms with Crippen molar-refractivity contribution in [3.63, 3.8) is 0 Å². The van der Waals surface area contributed by atoms with Gasteiger partial charge in [-0.1, -0.05) is 69.9 Å². The van der Waals surface area contributed by atoms with Gasteiger partial charge in [-0.25, -0.2) is 4.79 Å². The lowest BCUT2D eigenvalue weighted by Gasteiger charge is -2.34. The zero-order valence-electron chi connectivity index (χ0n) is 13.8. The van der Waals surface area contributed by atoms with Crippen LogP contribution in [0.4, 0.5) is 4.79 Å². The Morgan fingerprint density at radius 2 is 1.76 bits per heavy atom. The van der Waals surface area contributed by atoms with Crippen molar-refractivity contribution in [1.82, 2.24) is 0 Å². The molecule has 4 heteroatoms. The van der Waals surface area contributed by atoms with Crippen molar-refractivity contribution in [2.75, 3.05) is 7.11 Å². The minimum absolute atomic E-state index is 0.246. The largest absolute Gasteiger partial charge is 0.508 e. The summed E-state index contributed by atoms with van der Waals surface area (Å²) in [6, 6.07) is 9.70. The van der Waals surface area contributed by atoms with Crippen molar-refractivity contribution in [2.45, 2.75) is 45.0 Å². The Hall–Kier alpha value is -1.55. The molecule has 0 fully saturated rings. The summed E-state index contributed by atoms with van der Waals surface area (Å²) in [7, 11) is -0.253. The minimum Gasteiger partial charge on any atom is -0.438 e. The van der Waals surface area contributed by atoms with E-state index < -0.39 is 20.3 Å². The molecule has 1 aromatic rings. The fraction of sp³-hybridized carbons (Fsp3) is 0.471. The van der Waals surface area contributed by atoms with Crippen molar-refractivity contribution in [3.05, 3.63) is 47.7 Å². The van der Waals surface area contributed by atoms with Gasteiger partial charge in [0.1, 0.15) is 6.10 Å². The second-order valence-electron chi connectivity index (χ2n) is 6.73. The maximum Gasteiger partial charge on any atom is 0.508 e. The zero-order valence-corrected chi connectivity index (χ0v) is 14.8. The first-order chi connectivity index (χ1) is 9.67. The number of carbonyl (C=O) groups is 1. The highest BCUT2D eigenvalue weighted by Gasteiger charge is 2.32. The maximum atomic E-state index is 11.4. The van der Waals surface area contributed by atoms with E-state index in [9.17, 15) is 4.79 Å². The lowest BCUT2D eigenvalue weighted by atomic mass is 10.1. The zero-order chi connectivity index (χ0) is 16.1. The van der Waals surface area contributed by atoms with Crippen LogP contribution in [-0.2, 0) is 9.47 Å². The second-order valence-corrected chi connectivity index (χ2v) is 12.0. The molecule has 0 amide bonds. The van der Waals surface area contributed by atoms with Crippen LogP contribution in [0, 0.1) is 0 Å². The standard InChI is InChI=1S/C17H26O3Si/c1-17(2,3)21(5,6)13-12-15(20-16(18)19-4)14-10-8-7-9-11-14/h7-13,15H,1-6H3/b13-12+. The summed E-state index contributed by atoms with van der Waals surface area (Å²) in [6.45, 7) is 11.4. The van der Waals surface area contributed by atoms with Crippen LogP contribution in [0.3, 0.4) is 0 Å². The summed E-state index contributed by atoms with van der Waals surface area (Å²) in [5.74, 6) is 0. The number of methoxy groups -OCH3 is 1. The topological polar surface area (TPSA) is 35.5 Å². The molecule has 3 nitrogen and oxygen atoms in total. The van der Waals surface area contributed by atoms with Crippen LogP contribution in [0.2, 0.25) is 18.1 Å². The summed E-state index contributed by atoms with van der Waals surface area (Å²) < 4.78 is 9.99. The van der Waals surface area contributed by atoms with Gasteiger partial charge in [0.2, 0.25) is 0 Å². The third kappa shape index (κ3) is 5.05. The van der Waals surface area contributed by atoms with E-state index in [-0.39, 0.29) is 5.04 Å². The average molecular weight is 306 g/mol. The highest BCUT2D eigenvalue weighted by atomic mass is 28.3. The predicted octanol–water partition coefficient (Wildman–Crippen LogP) is 5.11. The van der Waals surface area contributed by atoms with Crippen molar-refractivity contribution in [3.8, 4) is 0 Å². The van der Waals surface area contributed by atoms with E-state index in [1.807, 2.05) is 36.4 Å². The first-order valence-corrected chi connectivity index (χ1v) is 10.2. The average Bonchev–Trinajstić information content (AvgIpc) is 2.42. The monoisotopic (exact) mass is 306 g/mol. The third-order valence-electron chi connectivity index (χ3n) is 4.14. The number of benzene rings is 1. The summed E-state index contributed by atoms with van der Waals surface area (Å²) in [5, 5.41) is 0.246. The van der Waals surface area contributed by atoms with Crippen molar-refractivity contribution in [2.24, 2.45) is 0 Å². The first kappa shape index (κ1) is 17.5. The molecule has 1 rings (SSSR count). The number of carbonyl (C=O) groups excluding carboxylic acids is 1. The number of hydrogen-bond donors (Lipinski definition) is 0. The molecule has 0 aliphatic heterocycles. The maximum absolute atomic E-state index is 11.4. The van der Waals surface area contributed by atoms with Crippen LogP contribution >= 0.6 is 0 Å². The predicted molar refractivity (Wildman–Crippen MR) is 89.0 cm³/mol. The molecule has 0 heterocycles. The molecule has 0 aliphatic rings. The fourth-order valence-corrected chi connectivity index (χ4v) is 2.75. The minimum atomic E-state index is -1.57. The highest BCUT2D eigenvalue weighted by Crippen LogP contribution is 2.37. The molecule has 0 aromatic heterocycles. The van der Waals surface area contributed by atoms with Gasteiger partial charge in [0.15, 0.2) is 0 Å². The highest BCUT2D eigenvalue weighted by molar-refractivity contribution is 6.84. The van der Waals surface area contributed by atoms with Gasteiger partial charge in [-0.2, -0.15) is 0 Å². The smallest absolute Gasteiger partial charge is 0.438 e. The number of ether oxygens (including phenoxy) is 2. The van der Waals surface area contributed by atoms with E-state index in [0.29, 0.717) is 0 Å². The lowest BCUT2D eigenvalue weighted by Crippen LogP contribution is -2.35. The molecule has 21 heavy (non-hydrogen) atoms. The van der Waals surface area contributed by atoms with Crippen LogP contribution in [-0.4, -0.2) is 21.3 Å². The van der Waals surface area contributed by atoms with E-state index in [2.05, 4.69) is 44.3 Å². The first-order valence-electron chi connectivity index (χ1n) is 7.16. The molecule has 1 unspecified atom stereocenters. The quantitative estimate of drug-likeness (QED) is 0.572. The van der Waals surface area contributed by atoms with Gasteiger partial charge in [-0.3, -0.25) is 0 Å².